The molecule has 0 atom stereocenters. The van der Waals surface area contributed by atoms with E-state index in [1.54, 1.807) is 0 Å². The molecule has 0 rings (SSSR count). The van der Waals surface area contributed by atoms with E-state index in [-0.39, 0.29) is 19.2 Å². The Morgan fingerprint density at radius 1 is 1.75 bits per heavy atom. The number of methoxy groups -OCH3 is 1. The first-order chi connectivity index (χ1) is 3.81. The molecule has 0 aliphatic rings. The Morgan fingerprint density at radius 3 is 2.75 bits per heavy atom. The fraction of sp³-hybridized carbons (Fsp3) is 0.600. The number of rotatable bonds is 3. The first-order valence-electron chi connectivity index (χ1n) is 2.25. The van der Waals surface area contributed by atoms with Crippen LogP contribution in [0.2, 0.25) is 0 Å². The van der Waals surface area contributed by atoms with E-state index in [4.69, 9.17) is 0 Å². The normalized spacial score (nSPS) is 8.75. The molecule has 0 unspecified atom stereocenters. The van der Waals surface area contributed by atoms with Crippen molar-refractivity contribution in [1.29, 1.82) is 0 Å². The first-order valence-corrected chi connectivity index (χ1v) is 2.25. The molecule has 0 aliphatic carbocycles. The van der Waals surface area contributed by atoms with Crippen molar-refractivity contribution in [2.24, 2.45) is 0 Å². The zero-order chi connectivity index (χ0) is 6.41. The third-order valence-electron chi connectivity index (χ3n) is 0.525. The van der Waals surface area contributed by atoms with Crippen molar-refractivity contribution in [1.82, 2.24) is 0 Å². The van der Waals surface area contributed by atoms with Crippen LogP contribution >= 0.6 is 0 Å². The Labute approximate surface area is 48.6 Å². The van der Waals surface area contributed by atoms with Gasteiger partial charge in [0.2, 0.25) is 0 Å². The summed E-state index contributed by atoms with van der Waals surface area (Å²) in [6.07, 6.45) is 0. The SMILES string of the molecule is [CH2]COC(=O)COC. The lowest BCUT2D eigenvalue weighted by Gasteiger charge is -1.97. The molecule has 0 spiro atoms. The second-order valence-corrected chi connectivity index (χ2v) is 1.15. The van der Waals surface area contributed by atoms with Gasteiger partial charge in [-0.3, -0.25) is 0 Å². The Bertz CT molecular complexity index is 62.1. The van der Waals surface area contributed by atoms with E-state index in [9.17, 15) is 4.79 Å². The summed E-state index contributed by atoms with van der Waals surface area (Å²) in [6.45, 7) is 3.49. The number of esters is 1. The number of hydrogen-bond donors (Lipinski definition) is 0. The van der Waals surface area contributed by atoms with Crippen LogP contribution in [-0.4, -0.2) is 26.3 Å². The lowest BCUT2D eigenvalue weighted by atomic mass is 10.7. The van der Waals surface area contributed by atoms with Crippen LogP contribution in [0.15, 0.2) is 0 Å². The maximum Gasteiger partial charge on any atom is 0.332 e. The Hall–Kier alpha value is -0.570. The van der Waals surface area contributed by atoms with Gasteiger partial charge in [0.25, 0.3) is 0 Å². The van der Waals surface area contributed by atoms with Crippen LogP contribution < -0.4 is 0 Å². The molecule has 0 bridgehead atoms. The summed E-state index contributed by atoms with van der Waals surface area (Å²) >= 11 is 0. The van der Waals surface area contributed by atoms with Crippen molar-refractivity contribution in [3.05, 3.63) is 6.92 Å². The van der Waals surface area contributed by atoms with Crippen LogP contribution in [0.5, 0.6) is 0 Å². The topological polar surface area (TPSA) is 35.5 Å². The van der Waals surface area contributed by atoms with Crippen molar-refractivity contribution in [3.63, 3.8) is 0 Å². The standard InChI is InChI=1S/C5H9O3/c1-3-8-5(6)4-7-2/h1,3-4H2,2H3. The van der Waals surface area contributed by atoms with Crippen LogP contribution in [0.3, 0.4) is 0 Å². The Kier molecular flexibility index (Phi) is 4.26. The van der Waals surface area contributed by atoms with Crippen LogP contribution in [0.1, 0.15) is 0 Å². The molecular weight excluding hydrogens is 108 g/mol. The molecule has 0 aromatic carbocycles. The third kappa shape index (κ3) is 3.61. The van der Waals surface area contributed by atoms with Crippen LogP contribution in [0.4, 0.5) is 0 Å². The molecular formula is C5H9O3. The molecule has 3 nitrogen and oxygen atoms in total. The zero-order valence-electron chi connectivity index (χ0n) is 4.85. The minimum Gasteiger partial charge on any atom is -0.464 e. The molecule has 0 aromatic heterocycles. The van der Waals surface area contributed by atoms with Gasteiger partial charge in [0.1, 0.15) is 6.61 Å². The van der Waals surface area contributed by atoms with Gasteiger partial charge in [-0.2, -0.15) is 0 Å². The molecule has 47 valence electrons. The molecule has 3 heteroatoms. The van der Waals surface area contributed by atoms with Crippen LogP contribution in [0.25, 0.3) is 0 Å². The molecule has 8 heavy (non-hydrogen) atoms. The van der Waals surface area contributed by atoms with E-state index in [2.05, 4.69) is 16.4 Å². The number of carbonyl (C=O) groups is 1. The molecule has 0 aromatic rings. The Balaban J connectivity index is 3.06. The monoisotopic (exact) mass is 117 g/mol. The number of carbonyl (C=O) groups excluding carboxylic acids is 1. The van der Waals surface area contributed by atoms with E-state index in [1.807, 2.05) is 0 Å². The molecule has 0 fully saturated rings. The number of ether oxygens (including phenoxy) is 2. The largest absolute Gasteiger partial charge is 0.464 e. The van der Waals surface area contributed by atoms with E-state index in [1.165, 1.54) is 7.11 Å². The molecule has 0 saturated carbocycles. The molecule has 0 amide bonds. The van der Waals surface area contributed by atoms with Gasteiger partial charge < -0.3 is 9.47 Å². The van der Waals surface area contributed by atoms with Gasteiger partial charge in [0.15, 0.2) is 0 Å². The predicted octanol–water partition coefficient (Wildman–Crippen LogP) is 0.0101. The number of hydrogen-bond acceptors (Lipinski definition) is 3. The average Bonchev–Trinajstić information content (AvgIpc) is 1.68. The van der Waals surface area contributed by atoms with Gasteiger partial charge in [-0.05, 0) is 6.92 Å². The van der Waals surface area contributed by atoms with E-state index >= 15 is 0 Å². The fourth-order valence-electron chi connectivity index (χ4n) is 0.273. The second-order valence-electron chi connectivity index (χ2n) is 1.15. The van der Waals surface area contributed by atoms with Crippen molar-refractivity contribution in [2.75, 3.05) is 20.3 Å². The smallest absolute Gasteiger partial charge is 0.332 e. The summed E-state index contributed by atoms with van der Waals surface area (Å²) < 4.78 is 8.86. The van der Waals surface area contributed by atoms with Crippen molar-refractivity contribution in [3.8, 4) is 0 Å². The molecule has 0 N–H and O–H groups in total. The Morgan fingerprint density at radius 2 is 2.38 bits per heavy atom. The highest BCUT2D eigenvalue weighted by Gasteiger charge is 1.96. The van der Waals surface area contributed by atoms with Gasteiger partial charge in [0, 0.05) is 7.11 Å². The van der Waals surface area contributed by atoms with Crippen LogP contribution in [0, 0.1) is 6.92 Å². The first kappa shape index (κ1) is 7.43. The maximum absolute atomic E-state index is 10.3. The zero-order valence-corrected chi connectivity index (χ0v) is 4.85. The minimum atomic E-state index is -0.373. The quantitative estimate of drug-likeness (QED) is 0.488. The van der Waals surface area contributed by atoms with Crippen molar-refractivity contribution >= 4 is 5.97 Å². The van der Waals surface area contributed by atoms with Gasteiger partial charge >= 0.3 is 5.97 Å². The van der Waals surface area contributed by atoms with Gasteiger partial charge in [0.05, 0.1) is 6.61 Å². The highest BCUT2D eigenvalue weighted by Crippen LogP contribution is 1.75. The highest BCUT2D eigenvalue weighted by molar-refractivity contribution is 5.70. The summed E-state index contributed by atoms with van der Waals surface area (Å²) in [5.41, 5.74) is 0. The van der Waals surface area contributed by atoms with Crippen LogP contribution in [-0.2, 0) is 14.3 Å². The molecule has 1 radical (unpaired) electrons. The molecule has 0 aliphatic heterocycles. The molecule has 0 heterocycles. The van der Waals surface area contributed by atoms with Gasteiger partial charge in [-0.1, -0.05) is 0 Å². The van der Waals surface area contributed by atoms with Crippen molar-refractivity contribution < 1.29 is 14.3 Å². The van der Waals surface area contributed by atoms with Gasteiger partial charge in [-0.25, -0.2) is 4.79 Å². The second kappa shape index (κ2) is 4.59. The van der Waals surface area contributed by atoms with Crippen molar-refractivity contribution in [2.45, 2.75) is 0 Å². The summed E-state index contributed by atoms with van der Waals surface area (Å²) in [5.74, 6) is -0.373. The summed E-state index contributed by atoms with van der Waals surface area (Å²) in [4.78, 5) is 10.3. The predicted molar refractivity (Wildman–Crippen MR) is 28.2 cm³/mol. The maximum atomic E-state index is 10.3. The lowest BCUT2D eigenvalue weighted by molar-refractivity contribution is -0.146. The average molecular weight is 117 g/mol. The van der Waals surface area contributed by atoms with Gasteiger partial charge in [-0.15, -0.1) is 0 Å². The summed E-state index contributed by atoms with van der Waals surface area (Å²) in [6, 6.07) is 0. The lowest BCUT2D eigenvalue weighted by Crippen LogP contribution is -2.10. The summed E-state index contributed by atoms with van der Waals surface area (Å²) in [7, 11) is 1.43. The highest BCUT2D eigenvalue weighted by atomic mass is 16.6. The fourth-order valence-corrected chi connectivity index (χ4v) is 0.273. The third-order valence-corrected chi connectivity index (χ3v) is 0.525. The molecule has 0 saturated heterocycles. The van der Waals surface area contributed by atoms with E-state index in [0.717, 1.165) is 0 Å². The minimum absolute atomic E-state index is 0.00944. The van der Waals surface area contributed by atoms with E-state index in [0.29, 0.717) is 0 Å². The summed E-state index contributed by atoms with van der Waals surface area (Å²) in [5, 5.41) is 0. The van der Waals surface area contributed by atoms with E-state index < -0.39 is 0 Å².